The molecule has 1 fully saturated rings. The van der Waals surface area contributed by atoms with Crippen LogP contribution in [-0.2, 0) is 19.9 Å². The number of nitrogens with zero attached hydrogens (tertiary/aromatic N) is 1. The molecule has 1 aliphatic heterocycles. The second-order valence-electron chi connectivity index (χ2n) is 4.89. The SMILES string of the molecule is CS(=O)(=O)CCS(=O)(=O)N1CCCC(CCN)C1. The Bertz CT molecular complexity index is 456. The molecule has 8 heteroatoms. The Morgan fingerprint density at radius 3 is 2.44 bits per heavy atom. The summed E-state index contributed by atoms with van der Waals surface area (Å²) < 4.78 is 47.5. The van der Waals surface area contributed by atoms with Gasteiger partial charge in [-0.05, 0) is 31.7 Å². The first-order valence-electron chi connectivity index (χ1n) is 6.10. The molecule has 6 nitrogen and oxygen atoms in total. The number of hydrogen-bond donors (Lipinski definition) is 1. The van der Waals surface area contributed by atoms with Crippen molar-refractivity contribution in [1.29, 1.82) is 0 Å². The van der Waals surface area contributed by atoms with E-state index in [0.717, 1.165) is 25.5 Å². The zero-order valence-corrected chi connectivity index (χ0v) is 12.3. The van der Waals surface area contributed by atoms with E-state index in [1.165, 1.54) is 4.31 Å². The van der Waals surface area contributed by atoms with Crippen LogP contribution in [0.4, 0.5) is 0 Å². The largest absolute Gasteiger partial charge is 0.330 e. The van der Waals surface area contributed by atoms with Crippen LogP contribution in [0, 0.1) is 5.92 Å². The normalized spacial score (nSPS) is 23.1. The molecule has 1 heterocycles. The summed E-state index contributed by atoms with van der Waals surface area (Å²) in [5, 5.41) is 0. The van der Waals surface area contributed by atoms with Crippen LogP contribution in [0.1, 0.15) is 19.3 Å². The minimum Gasteiger partial charge on any atom is -0.330 e. The average Bonchev–Trinajstić information content (AvgIpc) is 2.27. The van der Waals surface area contributed by atoms with Crippen molar-refractivity contribution in [3.63, 3.8) is 0 Å². The topological polar surface area (TPSA) is 97.5 Å². The maximum atomic E-state index is 12.0. The third kappa shape index (κ3) is 5.21. The lowest BCUT2D eigenvalue weighted by Crippen LogP contribution is -2.42. The summed E-state index contributed by atoms with van der Waals surface area (Å²) in [7, 11) is -6.70. The second kappa shape index (κ2) is 6.31. The average molecular weight is 298 g/mol. The minimum atomic E-state index is -3.45. The first kappa shape index (κ1) is 15.9. The molecule has 1 saturated heterocycles. The summed E-state index contributed by atoms with van der Waals surface area (Å²) in [6.07, 6.45) is 3.69. The van der Waals surface area contributed by atoms with Gasteiger partial charge in [-0.3, -0.25) is 0 Å². The van der Waals surface area contributed by atoms with E-state index >= 15 is 0 Å². The molecule has 1 aliphatic rings. The van der Waals surface area contributed by atoms with Gasteiger partial charge in [-0.1, -0.05) is 0 Å². The molecule has 18 heavy (non-hydrogen) atoms. The van der Waals surface area contributed by atoms with Crippen LogP contribution in [0.5, 0.6) is 0 Å². The molecule has 1 atom stereocenters. The van der Waals surface area contributed by atoms with Crippen molar-refractivity contribution in [2.24, 2.45) is 11.7 Å². The minimum absolute atomic E-state index is 0.303. The molecule has 1 rings (SSSR count). The van der Waals surface area contributed by atoms with Gasteiger partial charge < -0.3 is 5.73 Å². The van der Waals surface area contributed by atoms with Crippen LogP contribution in [-0.4, -0.2) is 58.5 Å². The summed E-state index contributed by atoms with van der Waals surface area (Å²) in [4.78, 5) is 0. The lowest BCUT2D eigenvalue weighted by Gasteiger charge is -2.31. The predicted molar refractivity (Wildman–Crippen MR) is 71.5 cm³/mol. The molecular weight excluding hydrogens is 276 g/mol. The number of sulfonamides is 1. The van der Waals surface area contributed by atoms with Crippen molar-refractivity contribution in [3.8, 4) is 0 Å². The standard InChI is InChI=1S/C10H22N2O4S2/c1-17(13,14)7-8-18(15,16)12-6-2-3-10(9-12)4-5-11/h10H,2-9,11H2,1H3. The van der Waals surface area contributed by atoms with E-state index in [0.29, 0.717) is 25.6 Å². The second-order valence-corrected chi connectivity index (χ2v) is 9.24. The van der Waals surface area contributed by atoms with Crippen molar-refractivity contribution >= 4 is 19.9 Å². The van der Waals surface area contributed by atoms with Crippen LogP contribution in [0.2, 0.25) is 0 Å². The maximum Gasteiger partial charge on any atom is 0.215 e. The summed E-state index contributed by atoms with van der Waals surface area (Å²) in [5.41, 5.74) is 5.48. The van der Waals surface area contributed by atoms with Crippen LogP contribution in [0.3, 0.4) is 0 Å². The first-order valence-corrected chi connectivity index (χ1v) is 9.77. The number of nitrogens with two attached hydrogens (primary N) is 1. The van der Waals surface area contributed by atoms with Crippen molar-refractivity contribution in [2.45, 2.75) is 19.3 Å². The first-order chi connectivity index (χ1) is 8.24. The number of rotatable bonds is 6. The third-order valence-electron chi connectivity index (χ3n) is 3.16. The summed E-state index contributed by atoms with van der Waals surface area (Å²) in [5.74, 6) is -0.328. The van der Waals surface area contributed by atoms with Crippen LogP contribution < -0.4 is 5.73 Å². The lowest BCUT2D eigenvalue weighted by atomic mass is 9.96. The van der Waals surface area contributed by atoms with Crippen molar-refractivity contribution < 1.29 is 16.8 Å². The lowest BCUT2D eigenvalue weighted by molar-refractivity contribution is 0.258. The van der Waals surface area contributed by atoms with E-state index in [9.17, 15) is 16.8 Å². The van der Waals surface area contributed by atoms with E-state index < -0.39 is 19.9 Å². The van der Waals surface area contributed by atoms with Crippen molar-refractivity contribution in [2.75, 3.05) is 37.4 Å². The molecule has 0 amide bonds. The van der Waals surface area contributed by atoms with Gasteiger partial charge in [-0.15, -0.1) is 0 Å². The maximum absolute atomic E-state index is 12.0. The molecule has 0 aromatic heterocycles. The summed E-state index contributed by atoms with van der Waals surface area (Å²) in [6.45, 7) is 1.53. The Morgan fingerprint density at radius 2 is 1.89 bits per heavy atom. The predicted octanol–water partition coefficient (Wildman–Crippen LogP) is -0.578. The van der Waals surface area contributed by atoms with Gasteiger partial charge in [0, 0.05) is 19.3 Å². The molecule has 0 saturated carbocycles. The van der Waals surface area contributed by atoms with E-state index in [-0.39, 0.29) is 11.5 Å². The molecule has 0 spiro atoms. The van der Waals surface area contributed by atoms with Gasteiger partial charge in [0.05, 0.1) is 11.5 Å². The van der Waals surface area contributed by atoms with Crippen LogP contribution >= 0.6 is 0 Å². The molecule has 108 valence electrons. The fourth-order valence-corrected chi connectivity index (χ4v) is 5.29. The smallest absolute Gasteiger partial charge is 0.215 e. The summed E-state index contributed by atoms with van der Waals surface area (Å²) in [6, 6.07) is 0. The Hall–Kier alpha value is -0.180. The molecular formula is C10H22N2O4S2. The number of sulfone groups is 1. The fourth-order valence-electron chi connectivity index (χ4n) is 2.14. The molecule has 0 aromatic rings. The highest BCUT2D eigenvalue weighted by Crippen LogP contribution is 2.21. The number of piperidine rings is 1. The highest BCUT2D eigenvalue weighted by molar-refractivity contribution is 7.93. The van der Waals surface area contributed by atoms with Gasteiger partial charge in [0.2, 0.25) is 10.0 Å². The zero-order chi connectivity index (χ0) is 13.8. The van der Waals surface area contributed by atoms with Gasteiger partial charge in [0.1, 0.15) is 9.84 Å². The van der Waals surface area contributed by atoms with E-state index in [1.807, 2.05) is 0 Å². The van der Waals surface area contributed by atoms with Gasteiger partial charge in [-0.25, -0.2) is 21.1 Å². The Labute approximate surface area is 110 Å². The zero-order valence-electron chi connectivity index (χ0n) is 10.7. The monoisotopic (exact) mass is 298 g/mol. The Morgan fingerprint density at radius 1 is 1.22 bits per heavy atom. The van der Waals surface area contributed by atoms with E-state index in [1.54, 1.807) is 0 Å². The third-order valence-corrected chi connectivity index (χ3v) is 6.20. The molecule has 0 bridgehead atoms. The molecule has 2 N–H and O–H groups in total. The van der Waals surface area contributed by atoms with Crippen LogP contribution in [0.15, 0.2) is 0 Å². The van der Waals surface area contributed by atoms with Gasteiger partial charge in [0.25, 0.3) is 0 Å². The quantitative estimate of drug-likeness (QED) is 0.707. The number of hydrogen-bond acceptors (Lipinski definition) is 5. The Balaban J connectivity index is 2.61. The highest BCUT2D eigenvalue weighted by Gasteiger charge is 2.29. The molecule has 0 aliphatic carbocycles. The van der Waals surface area contributed by atoms with Crippen LogP contribution in [0.25, 0.3) is 0 Å². The highest BCUT2D eigenvalue weighted by atomic mass is 32.2. The fraction of sp³-hybridized carbons (Fsp3) is 1.00. The summed E-state index contributed by atoms with van der Waals surface area (Å²) >= 11 is 0. The van der Waals surface area contributed by atoms with Gasteiger partial charge in [0.15, 0.2) is 0 Å². The van der Waals surface area contributed by atoms with E-state index in [4.69, 9.17) is 5.73 Å². The molecule has 0 radical (unpaired) electrons. The Kier molecular flexibility index (Phi) is 5.57. The van der Waals surface area contributed by atoms with Gasteiger partial charge in [-0.2, -0.15) is 0 Å². The molecule has 1 unspecified atom stereocenters. The van der Waals surface area contributed by atoms with E-state index in [2.05, 4.69) is 0 Å². The van der Waals surface area contributed by atoms with Crippen molar-refractivity contribution in [1.82, 2.24) is 4.31 Å². The van der Waals surface area contributed by atoms with Crippen molar-refractivity contribution in [3.05, 3.63) is 0 Å². The molecule has 0 aromatic carbocycles. The van der Waals surface area contributed by atoms with Gasteiger partial charge >= 0.3 is 0 Å².